The highest BCUT2D eigenvalue weighted by atomic mass is 35.5. The third-order valence-electron chi connectivity index (χ3n) is 4.98. The molecule has 1 N–H and O–H groups in total. The van der Waals surface area contributed by atoms with E-state index in [0.29, 0.717) is 23.7 Å². The maximum atomic E-state index is 13.0. The van der Waals surface area contributed by atoms with Crippen molar-refractivity contribution in [2.24, 2.45) is 0 Å². The maximum absolute atomic E-state index is 13.0. The summed E-state index contributed by atoms with van der Waals surface area (Å²) in [6.07, 6.45) is 0.499. The van der Waals surface area contributed by atoms with Crippen molar-refractivity contribution in [1.29, 1.82) is 0 Å². The van der Waals surface area contributed by atoms with Crippen molar-refractivity contribution in [1.82, 2.24) is 10.2 Å². The molecule has 6 heteroatoms. The highest BCUT2D eigenvalue weighted by Crippen LogP contribution is 2.24. The zero-order chi connectivity index (χ0) is 22.3. The quantitative estimate of drug-likeness (QED) is 0.667. The number of nitrogens with one attached hydrogen (secondary N) is 1. The van der Waals surface area contributed by atoms with Crippen LogP contribution in [0.1, 0.15) is 45.2 Å². The van der Waals surface area contributed by atoms with Gasteiger partial charge in [-0.25, -0.2) is 0 Å². The zero-order valence-electron chi connectivity index (χ0n) is 18.4. The molecule has 2 aromatic rings. The fourth-order valence-electron chi connectivity index (χ4n) is 3.15. The average Bonchev–Trinajstić information content (AvgIpc) is 2.72. The van der Waals surface area contributed by atoms with Gasteiger partial charge in [0.1, 0.15) is 11.8 Å². The van der Waals surface area contributed by atoms with E-state index in [1.54, 1.807) is 24.1 Å². The van der Waals surface area contributed by atoms with E-state index in [-0.39, 0.29) is 23.8 Å². The summed E-state index contributed by atoms with van der Waals surface area (Å²) in [4.78, 5) is 27.0. The number of rotatable bonds is 8. The molecule has 0 saturated carbocycles. The first-order valence-electron chi connectivity index (χ1n) is 10.1. The zero-order valence-corrected chi connectivity index (χ0v) is 19.1. The van der Waals surface area contributed by atoms with Gasteiger partial charge in [0.05, 0.1) is 0 Å². The number of ether oxygens (including phenoxy) is 1. The molecule has 0 aliphatic rings. The van der Waals surface area contributed by atoms with E-state index in [4.69, 9.17) is 16.3 Å². The van der Waals surface area contributed by atoms with Gasteiger partial charge in [-0.2, -0.15) is 0 Å². The van der Waals surface area contributed by atoms with Gasteiger partial charge in [-0.15, -0.1) is 0 Å². The number of hydrogen-bond donors (Lipinski definition) is 1. The minimum Gasteiger partial charge on any atom is -0.484 e. The lowest BCUT2D eigenvalue weighted by Crippen LogP contribution is -2.49. The molecule has 2 aromatic carbocycles. The van der Waals surface area contributed by atoms with Crippen LogP contribution in [0.3, 0.4) is 0 Å². The molecule has 162 valence electrons. The standard InChI is InChI=1S/C24H31ClN2O3/c1-6-21(23(29)26-5)27(15-17-7-11-19(25)12-8-17)22(28)16-30-20-13-9-18(10-14-20)24(2,3)4/h7-14,21H,6,15-16H2,1-5H3,(H,26,29)/t21-/m0/s1. The third kappa shape index (κ3) is 6.49. The van der Waals surface area contributed by atoms with Gasteiger partial charge in [0.15, 0.2) is 6.61 Å². The number of carbonyl (C=O) groups is 2. The van der Waals surface area contributed by atoms with Gasteiger partial charge in [-0.05, 0) is 47.2 Å². The van der Waals surface area contributed by atoms with Crippen molar-refractivity contribution in [3.63, 3.8) is 0 Å². The van der Waals surface area contributed by atoms with Crippen molar-refractivity contribution < 1.29 is 14.3 Å². The van der Waals surface area contributed by atoms with Crippen molar-refractivity contribution in [3.8, 4) is 5.75 Å². The summed E-state index contributed by atoms with van der Waals surface area (Å²) < 4.78 is 5.74. The number of benzene rings is 2. The molecule has 0 unspecified atom stereocenters. The second-order valence-corrected chi connectivity index (χ2v) is 8.69. The first-order chi connectivity index (χ1) is 14.2. The molecule has 2 rings (SSSR count). The molecule has 0 saturated heterocycles. The van der Waals surface area contributed by atoms with Crippen molar-refractivity contribution in [3.05, 3.63) is 64.7 Å². The van der Waals surface area contributed by atoms with Crippen molar-refractivity contribution >= 4 is 23.4 Å². The normalized spacial score (nSPS) is 12.2. The van der Waals surface area contributed by atoms with Crippen LogP contribution in [0.25, 0.3) is 0 Å². The molecule has 0 heterocycles. The van der Waals surface area contributed by atoms with Crippen LogP contribution in [-0.2, 0) is 21.5 Å². The molecular formula is C24H31ClN2O3. The number of likely N-dealkylation sites (N-methyl/N-ethyl adjacent to an activating group) is 1. The number of hydrogen-bond acceptors (Lipinski definition) is 3. The average molecular weight is 431 g/mol. The first kappa shape index (κ1) is 23.7. The number of amides is 2. The minimum absolute atomic E-state index is 0.0472. The molecule has 5 nitrogen and oxygen atoms in total. The molecule has 0 radical (unpaired) electrons. The highest BCUT2D eigenvalue weighted by Gasteiger charge is 2.28. The van der Waals surface area contributed by atoms with Crippen LogP contribution >= 0.6 is 11.6 Å². The van der Waals surface area contributed by atoms with E-state index in [9.17, 15) is 9.59 Å². The smallest absolute Gasteiger partial charge is 0.261 e. The van der Waals surface area contributed by atoms with Crippen LogP contribution in [0.2, 0.25) is 5.02 Å². The maximum Gasteiger partial charge on any atom is 0.261 e. The molecule has 0 fully saturated rings. The molecule has 0 spiro atoms. The lowest BCUT2D eigenvalue weighted by atomic mass is 9.87. The van der Waals surface area contributed by atoms with Crippen LogP contribution in [0.4, 0.5) is 0 Å². The Hall–Kier alpha value is -2.53. The lowest BCUT2D eigenvalue weighted by Gasteiger charge is -2.30. The summed E-state index contributed by atoms with van der Waals surface area (Å²) >= 11 is 5.97. The fourth-order valence-corrected chi connectivity index (χ4v) is 3.28. The van der Waals surface area contributed by atoms with Crippen molar-refractivity contribution in [2.75, 3.05) is 13.7 Å². The van der Waals surface area contributed by atoms with Gasteiger partial charge < -0.3 is 15.0 Å². The van der Waals surface area contributed by atoms with E-state index < -0.39 is 6.04 Å². The lowest BCUT2D eigenvalue weighted by molar-refractivity contribution is -0.142. The summed E-state index contributed by atoms with van der Waals surface area (Å²) in [5.41, 5.74) is 2.13. The number of halogens is 1. The topological polar surface area (TPSA) is 58.6 Å². The van der Waals surface area contributed by atoms with Gasteiger partial charge in [-0.1, -0.05) is 63.6 Å². The molecular weight excluding hydrogens is 400 g/mol. The second kappa shape index (κ2) is 10.5. The van der Waals surface area contributed by atoms with Crippen LogP contribution in [0, 0.1) is 0 Å². The second-order valence-electron chi connectivity index (χ2n) is 8.25. The largest absolute Gasteiger partial charge is 0.484 e. The Bertz CT molecular complexity index is 842. The number of nitrogens with zero attached hydrogens (tertiary/aromatic N) is 1. The van der Waals surface area contributed by atoms with E-state index in [0.717, 1.165) is 5.56 Å². The van der Waals surface area contributed by atoms with E-state index in [1.807, 2.05) is 43.3 Å². The first-order valence-corrected chi connectivity index (χ1v) is 10.5. The Morgan fingerprint density at radius 1 is 1.07 bits per heavy atom. The SMILES string of the molecule is CC[C@@H](C(=O)NC)N(Cc1ccc(Cl)cc1)C(=O)COc1ccc(C(C)(C)C)cc1. The predicted octanol–water partition coefficient (Wildman–Crippen LogP) is 4.57. The van der Waals surface area contributed by atoms with E-state index in [1.165, 1.54) is 5.56 Å². The summed E-state index contributed by atoms with van der Waals surface area (Å²) in [5, 5.41) is 3.27. The van der Waals surface area contributed by atoms with Gasteiger partial charge in [0.25, 0.3) is 5.91 Å². The fraction of sp³-hybridized carbons (Fsp3) is 0.417. The Labute approximate surface area is 184 Å². The molecule has 0 aliphatic carbocycles. The molecule has 0 aromatic heterocycles. The molecule has 0 bridgehead atoms. The Morgan fingerprint density at radius 3 is 2.17 bits per heavy atom. The van der Waals surface area contributed by atoms with Crippen LogP contribution in [0.5, 0.6) is 5.75 Å². The van der Waals surface area contributed by atoms with Crippen molar-refractivity contribution in [2.45, 2.75) is 52.1 Å². The highest BCUT2D eigenvalue weighted by molar-refractivity contribution is 6.30. The Balaban J connectivity index is 2.14. The van der Waals surface area contributed by atoms with Gasteiger partial charge in [0.2, 0.25) is 5.91 Å². The van der Waals surface area contributed by atoms with Gasteiger partial charge >= 0.3 is 0 Å². The molecule has 2 amide bonds. The molecule has 0 aliphatic heterocycles. The third-order valence-corrected chi connectivity index (χ3v) is 5.23. The van der Waals surface area contributed by atoms with E-state index in [2.05, 4.69) is 26.1 Å². The minimum atomic E-state index is -0.579. The summed E-state index contributed by atoms with van der Waals surface area (Å²) in [6, 6.07) is 14.4. The van der Waals surface area contributed by atoms with Crippen LogP contribution in [-0.4, -0.2) is 36.4 Å². The summed E-state index contributed by atoms with van der Waals surface area (Å²) in [5.74, 6) is 0.172. The molecule has 30 heavy (non-hydrogen) atoms. The van der Waals surface area contributed by atoms with Gasteiger partial charge in [-0.3, -0.25) is 9.59 Å². The monoisotopic (exact) mass is 430 g/mol. The number of carbonyl (C=O) groups excluding carboxylic acids is 2. The van der Waals surface area contributed by atoms with Gasteiger partial charge in [0, 0.05) is 18.6 Å². The van der Waals surface area contributed by atoms with E-state index >= 15 is 0 Å². The molecule has 1 atom stereocenters. The predicted molar refractivity (Wildman–Crippen MR) is 121 cm³/mol. The Kier molecular flexibility index (Phi) is 8.30. The van der Waals surface area contributed by atoms with Crippen LogP contribution in [0.15, 0.2) is 48.5 Å². The summed E-state index contributed by atoms with van der Waals surface area (Å²) in [6.45, 7) is 8.47. The Morgan fingerprint density at radius 2 is 1.67 bits per heavy atom. The summed E-state index contributed by atoms with van der Waals surface area (Å²) in [7, 11) is 1.57. The van der Waals surface area contributed by atoms with Crippen LogP contribution < -0.4 is 10.1 Å².